The maximum Gasteiger partial charge on any atom is 0.348 e. The highest BCUT2D eigenvalue weighted by Gasteiger charge is 2.19. The van der Waals surface area contributed by atoms with E-state index in [2.05, 4.69) is 4.98 Å². The Kier molecular flexibility index (Phi) is 3.73. The minimum Gasteiger partial charge on any atom is -0.477 e. The fourth-order valence-corrected chi connectivity index (χ4v) is 3.12. The van der Waals surface area contributed by atoms with E-state index in [-0.39, 0.29) is 4.88 Å². The van der Waals surface area contributed by atoms with Crippen molar-refractivity contribution in [2.45, 2.75) is 0 Å². The van der Waals surface area contributed by atoms with Crippen LogP contribution in [-0.2, 0) is 0 Å². The third-order valence-corrected chi connectivity index (χ3v) is 4.27. The van der Waals surface area contributed by atoms with E-state index in [1.165, 1.54) is 11.3 Å². The van der Waals surface area contributed by atoms with Crippen LogP contribution >= 0.6 is 22.9 Å². The molecule has 0 saturated heterocycles. The third-order valence-electron chi connectivity index (χ3n) is 2.94. The number of hydrogen-bond acceptors (Lipinski definition) is 3. The number of aromatic carboxylic acids is 1. The Balaban J connectivity index is 2.16. The summed E-state index contributed by atoms with van der Waals surface area (Å²) in [4.78, 5) is 16.2. The van der Waals surface area contributed by atoms with Gasteiger partial charge in [0, 0.05) is 16.1 Å². The van der Waals surface area contributed by atoms with Gasteiger partial charge in [-0.3, -0.25) is 0 Å². The van der Waals surface area contributed by atoms with E-state index in [0.29, 0.717) is 21.3 Å². The highest BCUT2D eigenvalue weighted by atomic mass is 35.5. The number of benzene rings is 2. The van der Waals surface area contributed by atoms with Crippen LogP contribution in [-0.4, -0.2) is 16.1 Å². The first-order valence-electron chi connectivity index (χ1n) is 6.20. The van der Waals surface area contributed by atoms with Gasteiger partial charge in [-0.05, 0) is 12.1 Å². The molecule has 21 heavy (non-hydrogen) atoms. The lowest BCUT2D eigenvalue weighted by Gasteiger charge is -1.99. The van der Waals surface area contributed by atoms with E-state index in [1.807, 2.05) is 36.4 Å². The molecule has 3 nitrogen and oxygen atoms in total. The average molecular weight is 316 g/mol. The van der Waals surface area contributed by atoms with Crippen LogP contribution in [0.3, 0.4) is 0 Å². The lowest BCUT2D eigenvalue weighted by Crippen LogP contribution is -1.95. The minimum absolute atomic E-state index is 0.219. The Hall–Kier alpha value is -2.17. The maximum atomic E-state index is 11.5. The van der Waals surface area contributed by atoms with Gasteiger partial charge in [0.25, 0.3) is 0 Å². The second-order valence-corrected chi connectivity index (χ2v) is 5.81. The number of nitrogens with zero attached hydrogens (tertiary/aromatic N) is 1. The normalized spacial score (nSPS) is 10.5. The Bertz CT molecular complexity index is 799. The molecule has 0 saturated carbocycles. The van der Waals surface area contributed by atoms with Crippen LogP contribution in [0.15, 0.2) is 54.6 Å². The number of thiazole rings is 1. The van der Waals surface area contributed by atoms with Crippen LogP contribution in [0.2, 0.25) is 5.02 Å². The molecule has 0 fully saturated rings. The van der Waals surface area contributed by atoms with Crippen molar-refractivity contribution in [3.05, 3.63) is 64.5 Å². The molecule has 0 atom stereocenters. The van der Waals surface area contributed by atoms with Crippen molar-refractivity contribution in [2.75, 3.05) is 0 Å². The molecule has 0 bridgehead atoms. The van der Waals surface area contributed by atoms with Crippen LogP contribution in [0.4, 0.5) is 0 Å². The Labute approximate surface area is 130 Å². The van der Waals surface area contributed by atoms with E-state index in [9.17, 15) is 9.90 Å². The van der Waals surface area contributed by atoms with E-state index >= 15 is 0 Å². The number of carbonyl (C=O) groups is 1. The molecule has 1 N–H and O–H groups in total. The number of aromatic nitrogens is 1. The molecule has 3 rings (SSSR count). The predicted molar refractivity (Wildman–Crippen MR) is 85.0 cm³/mol. The van der Waals surface area contributed by atoms with Crippen LogP contribution in [0, 0.1) is 0 Å². The van der Waals surface area contributed by atoms with Gasteiger partial charge in [0.05, 0.1) is 5.69 Å². The number of rotatable bonds is 3. The SMILES string of the molecule is O=C(O)c1sc(-c2ccccc2)nc1-c1cccc(Cl)c1. The van der Waals surface area contributed by atoms with Crippen LogP contribution in [0.5, 0.6) is 0 Å². The summed E-state index contributed by atoms with van der Waals surface area (Å²) >= 11 is 7.15. The molecule has 104 valence electrons. The molecule has 0 unspecified atom stereocenters. The van der Waals surface area contributed by atoms with Crippen molar-refractivity contribution in [1.82, 2.24) is 4.98 Å². The zero-order chi connectivity index (χ0) is 14.8. The molecule has 0 amide bonds. The summed E-state index contributed by atoms with van der Waals surface area (Å²) in [6.45, 7) is 0. The monoisotopic (exact) mass is 315 g/mol. The van der Waals surface area contributed by atoms with Crippen LogP contribution in [0.1, 0.15) is 9.67 Å². The van der Waals surface area contributed by atoms with Gasteiger partial charge in [-0.25, -0.2) is 9.78 Å². The molecule has 2 aromatic carbocycles. The number of halogens is 1. The van der Waals surface area contributed by atoms with Gasteiger partial charge in [-0.15, -0.1) is 11.3 Å². The zero-order valence-electron chi connectivity index (χ0n) is 10.8. The molecule has 0 aliphatic heterocycles. The summed E-state index contributed by atoms with van der Waals surface area (Å²) in [5, 5.41) is 10.6. The largest absolute Gasteiger partial charge is 0.477 e. The Morgan fingerprint density at radius 1 is 1.05 bits per heavy atom. The number of hydrogen-bond donors (Lipinski definition) is 1. The smallest absolute Gasteiger partial charge is 0.348 e. The number of carboxylic acids is 1. The molecule has 1 aromatic heterocycles. The molecular weight excluding hydrogens is 306 g/mol. The third kappa shape index (κ3) is 2.82. The van der Waals surface area contributed by atoms with Gasteiger partial charge in [-0.1, -0.05) is 54.1 Å². The second-order valence-electron chi connectivity index (χ2n) is 4.38. The van der Waals surface area contributed by atoms with Crippen molar-refractivity contribution >= 4 is 28.9 Å². The topological polar surface area (TPSA) is 50.2 Å². The van der Waals surface area contributed by atoms with Gasteiger partial charge in [0.2, 0.25) is 0 Å². The minimum atomic E-state index is -0.982. The molecule has 0 aliphatic rings. The summed E-state index contributed by atoms with van der Waals surface area (Å²) in [5.74, 6) is -0.982. The summed E-state index contributed by atoms with van der Waals surface area (Å²) in [6, 6.07) is 16.6. The highest BCUT2D eigenvalue weighted by molar-refractivity contribution is 7.17. The summed E-state index contributed by atoms with van der Waals surface area (Å²) in [6.07, 6.45) is 0. The van der Waals surface area contributed by atoms with Crippen molar-refractivity contribution in [1.29, 1.82) is 0 Å². The molecule has 0 aliphatic carbocycles. The van der Waals surface area contributed by atoms with E-state index in [0.717, 1.165) is 5.56 Å². The molecule has 0 spiro atoms. The first kappa shape index (κ1) is 13.8. The summed E-state index contributed by atoms with van der Waals surface area (Å²) in [7, 11) is 0. The van der Waals surface area contributed by atoms with Crippen molar-refractivity contribution < 1.29 is 9.90 Å². The van der Waals surface area contributed by atoms with Gasteiger partial charge in [-0.2, -0.15) is 0 Å². The number of carboxylic acid groups (broad SMARTS) is 1. The maximum absolute atomic E-state index is 11.5. The lowest BCUT2D eigenvalue weighted by atomic mass is 10.1. The quantitative estimate of drug-likeness (QED) is 0.753. The zero-order valence-corrected chi connectivity index (χ0v) is 12.4. The predicted octanol–water partition coefficient (Wildman–Crippen LogP) is 4.83. The Morgan fingerprint density at radius 2 is 1.76 bits per heavy atom. The molecular formula is C16H10ClNO2S. The second kappa shape index (κ2) is 5.68. The van der Waals surface area contributed by atoms with Gasteiger partial charge in [0.1, 0.15) is 9.88 Å². The van der Waals surface area contributed by atoms with Crippen molar-refractivity contribution in [3.63, 3.8) is 0 Å². The van der Waals surface area contributed by atoms with Gasteiger partial charge in [0.15, 0.2) is 0 Å². The molecule has 0 radical (unpaired) electrons. The van der Waals surface area contributed by atoms with Crippen molar-refractivity contribution in [3.8, 4) is 21.8 Å². The first-order chi connectivity index (χ1) is 10.1. The molecule has 3 aromatic rings. The van der Waals surface area contributed by atoms with Crippen LogP contribution in [0.25, 0.3) is 21.8 Å². The van der Waals surface area contributed by atoms with Crippen molar-refractivity contribution in [2.24, 2.45) is 0 Å². The van der Waals surface area contributed by atoms with E-state index in [4.69, 9.17) is 11.6 Å². The Morgan fingerprint density at radius 3 is 2.43 bits per heavy atom. The summed E-state index contributed by atoms with van der Waals surface area (Å²) < 4.78 is 0. The van der Waals surface area contributed by atoms with E-state index in [1.54, 1.807) is 18.2 Å². The fourth-order valence-electron chi connectivity index (χ4n) is 2.00. The molecule has 1 heterocycles. The lowest BCUT2D eigenvalue weighted by molar-refractivity contribution is 0.0702. The van der Waals surface area contributed by atoms with Gasteiger partial charge >= 0.3 is 5.97 Å². The van der Waals surface area contributed by atoms with Gasteiger partial charge < -0.3 is 5.11 Å². The van der Waals surface area contributed by atoms with E-state index < -0.39 is 5.97 Å². The van der Waals surface area contributed by atoms with Crippen LogP contribution < -0.4 is 0 Å². The average Bonchev–Trinajstić information content (AvgIpc) is 2.93. The highest BCUT2D eigenvalue weighted by Crippen LogP contribution is 2.34. The molecule has 5 heteroatoms. The first-order valence-corrected chi connectivity index (χ1v) is 7.40. The standard InChI is InChI=1S/C16H10ClNO2S/c17-12-8-4-7-11(9-12)13-14(16(19)20)21-15(18-13)10-5-2-1-3-6-10/h1-9H,(H,19,20). The fraction of sp³-hybridized carbons (Fsp3) is 0. The summed E-state index contributed by atoms with van der Waals surface area (Å²) in [5.41, 5.74) is 2.06.